The van der Waals surface area contributed by atoms with Crippen LogP contribution in [-0.4, -0.2) is 42.7 Å². The summed E-state index contributed by atoms with van der Waals surface area (Å²) in [6.45, 7) is 1.88. The number of nitrogens with two attached hydrogens (primary N) is 1. The van der Waals surface area contributed by atoms with Crippen LogP contribution in [0.5, 0.6) is 11.6 Å². The Labute approximate surface area is 154 Å². The van der Waals surface area contributed by atoms with E-state index in [4.69, 9.17) is 15.4 Å². The third-order valence-corrected chi connectivity index (χ3v) is 4.61. The zero-order valence-corrected chi connectivity index (χ0v) is 14.9. The molecule has 2 heterocycles. The minimum atomic E-state index is -1.54. The van der Waals surface area contributed by atoms with Gasteiger partial charge in [-0.05, 0) is 30.0 Å². The lowest BCUT2D eigenvalue weighted by atomic mass is 9.97. The Morgan fingerprint density at radius 2 is 2.19 bits per heavy atom. The highest BCUT2D eigenvalue weighted by atomic mass is 19.1. The molecule has 1 aliphatic rings. The normalized spacial score (nSPS) is 21.9. The van der Waals surface area contributed by atoms with Crippen LogP contribution in [0, 0.1) is 5.92 Å². The molecule has 3 N–H and O–H groups in total. The first kappa shape index (κ1) is 18.8. The van der Waals surface area contributed by atoms with E-state index in [9.17, 15) is 14.0 Å². The number of primary amides is 1. The molecule has 0 unspecified atom stereocenters. The van der Waals surface area contributed by atoms with Gasteiger partial charge in [-0.3, -0.25) is 9.59 Å². The quantitative estimate of drug-likeness (QED) is 0.559. The molecule has 1 fully saturated rings. The van der Waals surface area contributed by atoms with Crippen LogP contribution in [0.1, 0.15) is 23.7 Å². The third-order valence-electron chi connectivity index (χ3n) is 4.61. The zero-order valence-electron chi connectivity index (χ0n) is 14.9. The molecule has 8 nitrogen and oxygen atoms in total. The van der Waals surface area contributed by atoms with E-state index in [1.54, 1.807) is 12.1 Å². The van der Waals surface area contributed by atoms with E-state index in [0.717, 1.165) is 0 Å². The van der Waals surface area contributed by atoms with Crippen molar-refractivity contribution in [3.05, 3.63) is 30.0 Å². The summed E-state index contributed by atoms with van der Waals surface area (Å²) in [5.74, 6) is -1.36. The van der Waals surface area contributed by atoms with Gasteiger partial charge >= 0.3 is 0 Å². The Balaban J connectivity index is 1.89. The molecule has 27 heavy (non-hydrogen) atoms. The van der Waals surface area contributed by atoms with E-state index in [-0.39, 0.29) is 23.8 Å². The van der Waals surface area contributed by atoms with Crippen molar-refractivity contribution >= 4 is 22.6 Å². The van der Waals surface area contributed by atoms with Crippen LogP contribution >= 0.6 is 0 Å². The van der Waals surface area contributed by atoms with Gasteiger partial charge in [-0.15, -0.1) is 0 Å². The molecule has 3 rings (SSSR count). The standard InChI is InChI=1S/C18H20FN3O5/c1-3-10-13(22-17(24)15(10)19)8-26-18-11-7-14(27-25-2)12(16(20)23)6-9(11)4-5-21-18/h4-7,10,13,15H,3,8H2,1-2H3,(H2,20,23)(H,22,24)/t10-,13+,15-/m0/s1. The van der Waals surface area contributed by atoms with Crippen LogP contribution in [0.15, 0.2) is 24.4 Å². The molecular formula is C18H20FN3O5. The van der Waals surface area contributed by atoms with Gasteiger partial charge < -0.3 is 20.7 Å². The molecule has 9 heteroatoms. The SMILES string of the molecule is CC[C@@H]1[C@H](F)C(=O)N[C@@H]1COc1nccc2cc(C(N)=O)c(OOC)cc12. The van der Waals surface area contributed by atoms with Crippen molar-refractivity contribution in [2.45, 2.75) is 25.6 Å². The smallest absolute Gasteiger partial charge is 0.255 e. The first-order chi connectivity index (χ1) is 13.0. The monoisotopic (exact) mass is 377 g/mol. The Morgan fingerprint density at radius 1 is 1.41 bits per heavy atom. The van der Waals surface area contributed by atoms with E-state index in [1.807, 2.05) is 6.92 Å². The first-order valence-corrected chi connectivity index (χ1v) is 8.46. The number of pyridine rings is 1. The summed E-state index contributed by atoms with van der Waals surface area (Å²) in [6.07, 6.45) is 0.482. The number of rotatable bonds is 7. The van der Waals surface area contributed by atoms with E-state index in [2.05, 4.69) is 15.2 Å². The lowest BCUT2D eigenvalue weighted by Crippen LogP contribution is -2.34. The van der Waals surface area contributed by atoms with Gasteiger partial charge in [0, 0.05) is 17.5 Å². The number of carbonyl (C=O) groups excluding carboxylic acids is 2. The molecule has 1 saturated heterocycles. The zero-order chi connectivity index (χ0) is 19.6. The first-order valence-electron chi connectivity index (χ1n) is 8.46. The molecule has 0 spiro atoms. The molecule has 1 aromatic heterocycles. The van der Waals surface area contributed by atoms with Gasteiger partial charge in [-0.25, -0.2) is 9.37 Å². The molecule has 0 radical (unpaired) electrons. The number of aromatic nitrogens is 1. The van der Waals surface area contributed by atoms with Crippen molar-refractivity contribution in [1.82, 2.24) is 10.3 Å². The Morgan fingerprint density at radius 3 is 2.85 bits per heavy atom. The topological polar surface area (TPSA) is 113 Å². The molecule has 2 aromatic rings. The largest absolute Gasteiger partial charge is 0.475 e. The van der Waals surface area contributed by atoms with E-state index < -0.39 is 29.9 Å². The van der Waals surface area contributed by atoms with Gasteiger partial charge in [0.25, 0.3) is 11.8 Å². The lowest BCUT2D eigenvalue weighted by Gasteiger charge is -2.19. The molecular weight excluding hydrogens is 357 g/mol. The molecule has 2 amide bonds. The number of nitrogens with one attached hydrogen (secondary N) is 1. The minimum absolute atomic E-state index is 0.0643. The summed E-state index contributed by atoms with van der Waals surface area (Å²) in [4.78, 5) is 37.0. The number of amides is 2. The molecule has 1 aromatic carbocycles. The molecule has 3 atom stereocenters. The van der Waals surface area contributed by atoms with Crippen molar-refractivity contribution in [2.75, 3.05) is 13.7 Å². The van der Waals surface area contributed by atoms with E-state index in [1.165, 1.54) is 19.4 Å². The summed E-state index contributed by atoms with van der Waals surface area (Å²) >= 11 is 0. The number of hydrogen-bond donors (Lipinski definition) is 2. The number of hydrogen-bond acceptors (Lipinski definition) is 6. The number of benzene rings is 1. The minimum Gasteiger partial charge on any atom is -0.475 e. The van der Waals surface area contributed by atoms with Crippen molar-refractivity contribution < 1.29 is 28.5 Å². The van der Waals surface area contributed by atoms with Crippen LogP contribution in [-0.2, 0) is 9.68 Å². The lowest BCUT2D eigenvalue weighted by molar-refractivity contribution is -0.178. The predicted octanol–water partition coefficient (Wildman–Crippen LogP) is 1.52. The molecule has 0 saturated carbocycles. The maximum absolute atomic E-state index is 13.9. The highest BCUT2D eigenvalue weighted by Gasteiger charge is 2.41. The van der Waals surface area contributed by atoms with Gasteiger partial charge in [0.2, 0.25) is 5.88 Å². The predicted molar refractivity (Wildman–Crippen MR) is 94.0 cm³/mol. The van der Waals surface area contributed by atoms with Crippen LogP contribution in [0.25, 0.3) is 10.8 Å². The molecule has 0 aliphatic carbocycles. The van der Waals surface area contributed by atoms with Crippen molar-refractivity contribution in [3.63, 3.8) is 0 Å². The fraction of sp³-hybridized carbons (Fsp3) is 0.389. The summed E-state index contributed by atoms with van der Waals surface area (Å²) in [7, 11) is 1.30. The number of halogens is 1. The number of alkyl halides is 1. The molecule has 144 valence electrons. The summed E-state index contributed by atoms with van der Waals surface area (Å²) < 4.78 is 19.7. The maximum atomic E-state index is 13.9. The van der Waals surface area contributed by atoms with Crippen LogP contribution in [0.4, 0.5) is 4.39 Å². The van der Waals surface area contributed by atoms with Crippen molar-refractivity contribution in [1.29, 1.82) is 0 Å². The average Bonchev–Trinajstić information content (AvgIpc) is 2.92. The number of fused-ring (bicyclic) bond motifs is 1. The fourth-order valence-corrected chi connectivity index (χ4v) is 3.23. The fourth-order valence-electron chi connectivity index (χ4n) is 3.23. The number of ether oxygens (including phenoxy) is 1. The second kappa shape index (κ2) is 7.75. The van der Waals surface area contributed by atoms with Gasteiger partial charge in [0.15, 0.2) is 11.9 Å². The Kier molecular flexibility index (Phi) is 5.41. The molecule has 1 aliphatic heterocycles. The Hall–Kier alpha value is -2.94. The molecule has 0 bridgehead atoms. The second-order valence-corrected chi connectivity index (χ2v) is 6.20. The highest BCUT2D eigenvalue weighted by Crippen LogP contribution is 2.31. The van der Waals surface area contributed by atoms with Gasteiger partial charge in [-0.2, -0.15) is 4.89 Å². The Bertz CT molecular complexity index is 875. The van der Waals surface area contributed by atoms with Crippen molar-refractivity contribution in [2.24, 2.45) is 11.7 Å². The van der Waals surface area contributed by atoms with E-state index in [0.29, 0.717) is 17.2 Å². The highest BCUT2D eigenvalue weighted by molar-refractivity contribution is 6.01. The van der Waals surface area contributed by atoms with Crippen LogP contribution < -0.4 is 20.7 Å². The summed E-state index contributed by atoms with van der Waals surface area (Å²) in [6, 6.07) is 4.32. The number of nitrogens with zero attached hydrogens (tertiary/aromatic N) is 1. The maximum Gasteiger partial charge on any atom is 0.255 e. The number of carbonyl (C=O) groups is 2. The van der Waals surface area contributed by atoms with Gasteiger partial charge in [0.05, 0.1) is 18.7 Å². The van der Waals surface area contributed by atoms with Crippen LogP contribution in [0.3, 0.4) is 0 Å². The van der Waals surface area contributed by atoms with Gasteiger partial charge in [-0.1, -0.05) is 6.92 Å². The second-order valence-electron chi connectivity index (χ2n) is 6.20. The average molecular weight is 377 g/mol. The van der Waals surface area contributed by atoms with E-state index >= 15 is 0 Å². The third kappa shape index (κ3) is 3.63. The van der Waals surface area contributed by atoms with Crippen LogP contribution in [0.2, 0.25) is 0 Å². The van der Waals surface area contributed by atoms with Gasteiger partial charge in [0.1, 0.15) is 6.61 Å². The summed E-state index contributed by atoms with van der Waals surface area (Å²) in [5, 5.41) is 3.82. The van der Waals surface area contributed by atoms with Crippen molar-refractivity contribution in [3.8, 4) is 11.6 Å². The summed E-state index contributed by atoms with van der Waals surface area (Å²) in [5.41, 5.74) is 5.52.